The fraction of sp³-hybridized carbons (Fsp3) is 0.636. The molecule has 0 heterocycles. The van der Waals surface area contributed by atoms with Gasteiger partial charge < -0.3 is 10.4 Å². The highest BCUT2D eigenvalue weighted by molar-refractivity contribution is 5.98. The van der Waals surface area contributed by atoms with Crippen LogP contribution in [0, 0.1) is 0 Å². The smallest absolute Gasteiger partial charge is 0.255 e. The molecule has 0 bridgehead atoms. The molecule has 0 aliphatic carbocycles. The Bertz CT molecular complexity index is 542. The number of aldehydes is 1. The first kappa shape index (κ1) is 22.2. The van der Waals surface area contributed by atoms with Crippen LogP contribution < -0.4 is 5.32 Å². The van der Waals surface area contributed by atoms with Gasteiger partial charge >= 0.3 is 0 Å². The van der Waals surface area contributed by atoms with Gasteiger partial charge in [0.15, 0.2) is 0 Å². The summed E-state index contributed by atoms with van der Waals surface area (Å²) in [5, 5.41) is 12.7. The van der Waals surface area contributed by atoms with Gasteiger partial charge in [-0.1, -0.05) is 71.1 Å². The molecule has 0 radical (unpaired) electrons. The van der Waals surface area contributed by atoms with E-state index in [1.54, 1.807) is 0 Å². The van der Waals surface area contributed by atoms with E-state index in [4.69, 9.17) is 0 Å². The van der Waals surface area contributed by atoms with Crippen molar-refractivity contribution in [2.45, 2.75) is 90.5 Å². The van der Waals surface area contributed by atoms with Gasteiger partial charge in [-0.25, -0.2) is 0 Å². The lowest BCUT2D eigenvalue weighted by atomic mass is 10.0. The van der Waals surface area contributed by atoms with Crippen molar-refractivity contribution >= 4 is 12.2 Å². The van der Waals surface area contributed by atoms with Crippen molar-refractivity contribution < 1.29 is 14.7 Å². The number of nitrogens with one attached hydrogen (secondary N) is 1. The zero-order valence-corrected chi connectivity index (χ0v) is 16.4. The van der Waals surface area contributed by atoms with Crippen molar-refractivity contribution in [1.82, 2.24) is 5.32 Å². The first-order valence-corrected chi connectivity index (χ1v) is 10.2. The normalized spacial score (nSPS) is 11.9. The van der Waals surface area contributed by atoms with Gasteiger partial charge in [0.25, 0.3) is 5.91 Å². The first-order valence-electron chi connectivity index (χ1n) is 10.2. The molecular weight excluding hydrogens is 326 g/mol. The third kappa shape index (κ3) is 9.02. The lowest BCUT2D eigenvalue weighted by molar-refractivity contribution is 0.0935. The van der Waals surface area contributed by atoms with Crippen LogP contribution in [0.1, 0.15) is 105 Å². The highest BCUT2D eigenvalue weighted by Gasteiger charge is 2.14. The van der Waals surface area contributed by atoms with E-state index in [9.17, 15) is 14.7 Å². The second-order valence-corrected chi connectivity index (χ2v) is 7.24. The van der Waals surface area contributed by atoms with Gasteiger partial charge in [0.05, 0.1) is 5.56 Å². The molecule has 0 aromatic heterocycles. The number of phenols is 1. The molecule has 1 aromatic carbocycles. The number of carbonyl (C=O) groups is 2. The molecule has 1 atom stereocenters. The van der Waals surface area contributed by atoms with Gasteiger partial charge in [-0.3, -0.25) is 9.59 Å². The average Bonchev–Trinajstić information content (AvgIpc) is 2.63. The van der Waals surface area contributed by atoms with Crippen LogP contribution in [0.15, 0.2) is 18.2 Å². The minimum atomic E-state index is -0.328. The molecule has 0 spiro atoms. The maximum atomic E-state index is 12.2. The van der Waals surface area contributed by atoms with Gasteiger partial charge in [-0.2, -0.15) is 0 Å². The quantitative estimate of drug-likeness (QED) is 0.333. The summed E-state index contributed by atoms with van der Waals surface area (Å²) in [6.07, 6.45) is 14.6. The Hall–Kier alpha value is -1.84. The minimum Gasteiger partial charge on any atom is -0.507 e. The SMILES string of the molecule is CCCCCCCCCCCCC(C)NC(=O)c1cc(C=O)ccc1O. The second kappa shape index (κ2) is 13.4. The maximum absolute atomic E-state index is 12.2. The molecular formula is C22H35NO3. The summed E-state index contributed by atoms with van der Waals surface area (Å²) in [7, 11) is 0. The van der Waals surface area contributed by atoms with Crippen LogP contribution in [0.25, 0.3) is 0 Å². The van der Waals surface area contributed by atoms with Crippen molar-refractivity contribution in [2.75, 3.05) is 0 Å². The molecule has 146 valence electrons. The minimum absolute atomic E-state index is 0.0517. The zero-order chi connectivity index (χ0) is 19.2. The van der Waals surface area contributed by atoms with Gasteiger partial charge in [-0.05, 0) is 31.5 Å². The monoisotopic (exact) mass is 361 g/mol. The molecule has 1 amide bonds. The molecule has 0 saturated heterocycles. The Kier molecular flexibility index (Phi) is 11.4. The maximum Gasteiger partial charge on any atom is 0.255 e. The average molecular weight is 362 g/mol. The van der Waals surface area contributed by atoms with Crippen molar-refractivity contribution in [1.29, 1.82) is 0 Å². The number of hydrogen-bond donors (Lipinski definition) is 2. The van der Waals surface area contributed by atoms with Crippen molar-refractivity contribution in [3.05, 3.63) is 29.3 Å². The van der Waals surface area contributed by atoms with Crippen molar-refractivity contribution in [2.24, 2.45) is 0 Å². The molecule has 1 aromatic rings. The highest BCUT2D eigenvalue weighted by atomic mass is 16.3. The Balaban J connectivity index is 2.15. The Morgan fingerprint density at radius 2 is 1.62 bits per heavy atom. The predicted octanol–water partition coefficient (Wildman–Crippen LogP) is 5.63. The molecule has 1 unspecified atom stereocenters. The molecule has 0 saturated carbocycles. The van der Waals surface area contributed by atoms with Gasteiger partial charge in [0.2, 0.25) is 0 Å². The first-order chi connectivity index (χ1) is 12.6. The summed E-state index contributed by atoms with van der Waals surface area (Å²) in [6.45, 7) is 4.22. The molecule has 26 heavy (non-hydrogen) atoms. The number of benzene rings is 1. The molecule has 0 aliphatic rings. The number of rotatable bonds is 14. The van der Waals surface area contributed by atoms with E-state index in [0.717, 1.165) is 12.8 Å². The summed E-state index contributed by atoms with van der Waals surface area (Å²) in [6, 6.07) is 4.35. The topological polar surface area (TPSA) is 66.4 Å². The van der Waals surface area contributed by atoms with E-state index < -0.39 is 0 Å². The fourth-order valence-electron chi connectivity index (χ4n) is 3.12. The van der Waals surface area contributed by atoms with Gasteiger partial charge in [0.1, 0.15) is 12.0 Å². The van der Waals surface area contributed by atoms with E-state index in [0.29, 0.717) is 11.8 Å². The fourth-order valence-corrected chi connectivity index (χ4v) is 3.12. The van der Waals surface area contributed by atoms with Crippen LogP contribution in [0.3, 0.4) is 0 Å². The van der Waals surface area contributed by atoms with Crippen LogP contribution in [-0.4, -0.2) is 23.3 Å². The van der Waals surface area contributed by atoms with Crippen LogP contribution in [0.2, 0.25) is 0 Å². The van der Waals surface area contributed by atoms with Gasteiger partial charge in [-0.15, -0.1) is 0 Å². The number of hydrogen-bond acceptors (Lipinski definition) is 3. The number of phenolic OH excluding ortho intramolecular Hbond substituents is 1. The summed E-state index contributed by atoms with van der Waals surface area (Å²) in [4.78, 5) is 23.1. The Morgan fingerprint density at radius 3 is 2.19 bits per heavy atom. The standard InChI is InChI=1S/C22H35NO3/c1-3-4-5-6-7-8-9-10-11-12-13-18(2)23-22(26)20-16-19(17-24)14-15-21(20)25/h14-18,25H,3-13H2,1-2H3,(H,23,26). The zero-order valence-electron chi connectivity index (χ0n) is 16.4. The predicted molar refractivity (Wildman–Crippen MR) is 107 cm³/mol. The number of carbonyl (C=O) groups excluding carboxylic acids is 2. The Labute approximate surface area is 158 Å². The van der Waals surface area contributed by atoms with Crippen molar-refractivity contribution in [3.8, 4) is 5.75 Å². The van der Waals surface area contributed by atoms with Crippen molar-refractivity contribution in [3.63, 3.8) is 0 Å². The summed E-state index contributed by atoms with van der Waals surface area (Å²) in [5.41, 5.74) is 0.542. The van der Waals surface area contributed by atoms with Crippen LogP contribution in [0.4, 0.5) is 0 Å². The third-order valence-corrected chi connectivity index (χ3v) is 4.77. The lowest BCUT2D eigenvalue weighted by Gasteiger charge is -2.14. The van der Waals surface area contributed by atoms with E-state index in [1.165, 1.54) is 76.0 Å². The van der Waals surface area contributed by atoms with E-state index >= 15 is 0 Å². The number of unbranched alkanes of at least 4 members (excludes halogenated alkanes) is 9. The van der Waals surface area contributed by atoms with Gasteiger partial charge in [0, 0.05) is 11.6 Å². The summed E-state index contributed by atoms with van der Waals surface area (Å²) >= 11 is 0. The summed E-state index contributed by atoms with van der Waals surface area (Å²) < 4.78 is 0. The van der Waals surface area contributed by atoms with E-state index in [-0.39, 0.29) is 23.3 Å². The lowest BCUT2D eigenvalue weighted by Crippen LogP contribution is -2.32. The summed E-state index contributed by atoms with van der Waals surface area (Å²) in [5.74, 6) is -0.426. The molecule has 1 rings (SSSR count). The van der Waals surface area contributed by atoms with Crippen LogP contribution in [0.5, 0.6) is 5.75 Å². The number of amides is 1. The van der Waals surface area contributed by atoms with Crippen LogP contribution in [-0.2, 0) is 0 Å². The van der Waals surface area contributed by atoms with E-state index in [2.05, 4.69) is 12.2 Å². The highest BCUT2D eigenvalue weighted by Crippen LogP contribution is 2.18. The molecule has 2 N–H and O–H groups in total. The molecule has 4 nitrogen and oxygen atoms in total. The Morgan fingerprint density at radius 1 is 1.04 bits per heavy atom. The largest absolute Gasteiger partial charge is 0.507 e. The second-order valence-electron chi connectivity index (χ2n) is 7.24. The molecule has 4 heteroatoms. The number of aromatic hydroxyl groups is 1. The van der Waals surface area contributed by atoms with Crippen LogP contribution >= 0.6 is 0 Å². The van der Waals surface area contributed by atoms with E-state index in [1.807, 2.05) is 6.92 Å². The molecule has 0 aliphatic heterocycles. The molecule has 0 fully saturated rings. The third-order valence-electron chi connectivity index (χ3n) is 4.77.